The van der Waals surface area contributed by atoms with Gasteiger partial charge in [-0.1, -0.05) is 12.1 Å². The van der Waals surface area contributed by atoms with Crippen LogP contribution < -0.4 is 9.64 Å². The highest BCUT2D eigenvalue weighted by Gasteiger charge is 2.30. The van der Waals surface area contributed by atoms with Crippen LogP contribution >= 0.6 is 0 Å². The first kappa shape index (κ1) is 16.7. The fourth-order valence-corrected chi connectivity index (χ4v) is 3.96. The number of piperazine rings is 1. The van der Waals surface area contributed by atoms with Crippen LogP contribution in [0.15, 0.2) is 33.7 Å². The number of ether oxygens (including phenoxy) is 1. The molecule has 24 heavy (non-hydrogen) atoms. The average Bonchev–Trinajstić information content (AvgIpc) is 3.11. The van der Waals surface area contributed by atoms with Crippen LogP contribution in [0.3, 0.4) is 0 Å². The van der Waals surface area contributed by atoms with Gasteiger partial charge in [0.1, 0.15) is 5.75 Å². The highest BCUT2D eigenvalue weighted by molar-refractivity contribution is 7.89. The van der Waals surface area contributed by atoms with Gasteiger partial charge >= 0.3 is 6.01 Å². The van der Waals surface area contributed by atoms with E-state index in [2.05, 4.69) is 10.1 Å². The molecule has 1 aliphatic heterocycles. The fraction of sp³-hybridized carbons (Fsp3) is 0.467. The van der Waals surface area contributed by atoms with Crippen molar-refractivity contribution >= 4 is 16.0 Å². The molecule has 8 nitrogen and oxygen atoms in total. The zero-order valence-corrected chi connectivity index (χ0v) is 14.5. The summed E-state index contributed by atoms with van der Waals surface area (Å²) >= 11 is 0. The van der Waals surface area contributed by atoms with Crippen molar-refractivity contribution in [3.05, 3.63) is 30.1 Å². The minimum Gasteiger partial charge on any atom is -0.497 e. The molecule has 0 amide bonds. The first-order valence-corrected chi connectivity index (χ1v) is 9.20. The van der Waals surface area contributed by atoms with Crippen molar-refractivity contribution in [2.75, 3.05) is 38.2 Å². The third kappa shape index (κ3) is 3.22. The number of hydrogen-bond donors (Lipinski definition) is 0. The Morgan fingerprint density at radius 3 is 2.38 bits per heavy atom. The number of rotatable bonds is 5. The zero-order valence-electron chi connectivity index (χ0n) is 13.7. The number of anilines is 1. The van der Waals surface area contributed by atoms with Gasteiger partial charge in [0, 0.05) is 32.6 Å². The molecular formula is C15H20N4O4S. The lowest BCUT2D eigenvalue weighted by atomic mass is 10.3. The topological polar surface area (TPSA) is 88.8 Å². The third-order valence-electron chi connectivity index (χ3n) is 3.98. The molecule has 2 aromatic rings. The Morgan fingerprint density at radius 1 is 1.17 bits per heavy atom. The molecular weight excluding hydrogens is 332 g/mol. The maximum Gasteiger partial charge on any atom is 0.324 e. The van der Waals surface area contributed by atoms with Gasteiger partial charge in [0.2, 0.25) is 10.0 Å². The van der Waals surface area contributed by atoms with E-state index in [1.165, 1.54) is 4.31 Å². The van der Waals surface area contributed by atoms with Gasteiger partial charge in [-0.2, -0.15) is 9.29 Å². The Balaban J connectivity index is 1.68. The minimum atomic E-state index is -3.51. The van der Waals surface area contributed by atoms with Crippen LogP contribution in [0.25, 0.3) is 0 Å². The predicted molar refractivity (Wildman–Crippen MR) is 87.6 cm³/mol. The molecule has 0 unspecified atom stereocenters. The molecule has 3 rings (SSSR count). The van der Waals surface area contributed by atoms with Crippen molar-refractivity contribution in [3.63, 3.8) is 0 Å². The number of benzene rings is 1. The van der Waals surface area contributed by atoms with Crippen molar-refractivity contribution in [3.8, 4) is 5.75 Å². The fourth-order valence-electron chi connectivity index (χ4n) is 2.53. The Kier molecular flexibility index (Phi) is 4.72. The molecule has 0 atom stereocenters. The summed E-state index contributed by atoms with van der Waals surface area (Å²) in [7, 11) is -1.96. The summed E-state index contributed by atoms with van der Waals surface area (Å²) in [5.41, 5.74) is 0. The molecule has 1 fully saturated rings. The molecule has 0 saturated carbocycles. The van der Waals surface area contributed by atoms with Crippen LogP contribution in [0.5, 0.6) is 5.75 Å². The number of aryl methyl sites for hydroxylation is 1. The molecule has 0 spiro atoms. The first-order chi connectivity index (χ1) is 11.5. The second kappa shape index (κ2) is 6.78. The molecule has 1 aromatic heterocycles. The first-order valence-electron chi connectivity index (χ1n) is 7.76. The monoisotopic (exact) mass is 352 g/mol. The summed E-state index contributed by atoms with van der Waals surface area (Å²) in [6, 6.07) is 6.87. The third-order valence-corrected chi connectivity index (χ3v) is 5.89. The number of sulfonamides is 1. The summed E-state index contributed by atoms with van der Waals surface area (Å²) < 4.78 is 37.1. The maximum atomic E-state index is 12.7. The van der Waals surface area contributed by atoms with E-state index in [-0.39, 0.29) is 4.90 Å². The number of methoxy groups -OCH3 is 1. The van der Waals surface area contributed by atoms with Crippen molar-refractivity contribution < 1.29 is 17.7 Å². The lowest BCUT2D eigenvalue weighted by Crippen LogP contribution is -2.48. The molecule has 2 heterocycles. The van der Waals surface area contributed by atoms with Gasteiger partial charge in [0.15, 0.2) is 5.82 Å². The average molecular weight is 352 g/mol. The van der Waals surface area contributed by atoms with E-state index in [9.17, 15) is 8.42 Å². The van der Waals surface area contributed by atoms with Gasteiger partial charge in [-0.15, -0.1) is 0 Å². The minimum absolute atomic E-state index is 0.266. The molecule has 0 radical (unpaired) electrons. The Morgan fingerprint density at radius 2 is 1.83 bits per heavy atom. The van der Waals surface area contributed by atoms with E-state index >= 15 is 0 Å². The van der Waals surface area contributed by atoms with Crippen molar-refractivity contribution in [2.45, 2.75) is 18.2 Å². The predicted octanol–water partition coefficient (Wildman–Crippen LogP) is 1.15. The van der Waals surface area contributed by atoms with Gasteiger partial charge in [-0.25, -0.2) is 8.42 Å². The molecule has 0 bridgehead atoms. The molecule has 1 saturated heterocycles. The molecule has 0 aliphatic carbocycles. The lowest BCUT2D eigenvalue weighted by molar-refractivity contribution is 0.353. The maximum absolute atomic E-state index is 12.7. The summed E-state index contributed by atoms with van der Waals surface area (Å²) in [5.74, 6) is 1.28. The van der Waals surface area contributed by atoms with Gasteiger partial charge in [0.05, 0.1) is 12.0 Å². The number of aromatic nitrogens is 2. The zero-order chi connectivity index (χ0) is 17.2. The second-order valence-corrected chi connectivity index (χ2v) is 7.35. The van der Waals surface area contributed by atoms with Gasteiger partial charge < -0.3 is 14.2 Å². The Bertz CT molecular complexity index is 780. The van der Waals surface area contributed by atoms with Crippen molar-refractivity contribution in [2.24, 2.45) is 0 Å². The summed E-state index contributed by atoms with van der Waals surface area (Å²) in [6.07, 6.45) is 0.704. The smallest absolute Gasteiger partial charge is 0.324 e. The van der Waals surface area contributed by atoms with Crippen LogP contribution in [-0.4, -0.2) is 56.2 Å². The molecule has 1 aliphatic rings. The van der Waals surface area contributed by atoms with Gasteiger partial charge in [-0.3, -0.25) is 0 Å². The van der Waals surface area contributed by atoms with E-state index in [0.717, 1.165) is 0 Å². The van der Waals surface area contributed by atoms with E-state index in [1.54, 1.807) is 31.4 Å². The van der Waals surface area contributed by atoms with Gasteiger partial charge in [-0.05, 0) is 24.3 Å². The summed E-state index contributed by atoms with van der Waals surface area (Å²) in [4.78, 5) is 6.46. The number of nitrogens with zero attached hydrogens (tertiary/aromatic N) is 4. The highest BCUT2D eigenvalue weighted by Crippen LogP contribution is 2.22. The highest BCUT2D eigenvalue weighted by atomic mass is 32.2. The van der Waals surface area contributed by atoms with E-state index < -0.39 is 10.0 Å². The quantitative estimate of drug-likeness (QED) is 0.797. The van der Waals surface area contributed by atoms with Crippen LogP contribution in [0, 0.1) is 0 Å². The van der Waals surface area contributed by atoms with E-state index in [0.29, 0.717) is 50.2 Å². The van der Waals surface area contributed by atoms with Gasteiger partial charge in [0.25, 0.3) is 0 Å². The molecule has 9 heteroatoms. The van der Waals surface area contributed by atoms with Crippen LogP contribution in [0.1, 0.15) is 12.7 Å². The van der Waals surface area contributed by atoms with E-state index in [1.807, 2.05) is 11.8 Å². The Hall–Kier alpha value is -2.13. The van der Waals surface area contributed by atoms with Crippen LogP contribution in [0.4, 0.5) is 6.01 Å². The van der Waals surface area contributed by atoms with Crippen molar-refractivity contribution in [1.29, 1.82) is 0 Å². The largest absolute Gasteiger partial charge is 0.497 e. The second-order valence-electron chi connectivity index (χ2n) is 5.41. The summed E-state index contributed by atoms with van der Waals surface area (Å²) in [5, 5.41) is 3.87. The Labute approximate surface area is 141 Å². The number of hydrogen-bond acceptors (Lipinski definition) is 7. The normalized spacial score (nSPS) is 16.3. The van der Waals surface area contributed by atoms with E-state index in [4.69, 9.17) is 9.26 Å². The molecule has 0 N–H and O–H groups in total. The SMILES string of the molecule is CCc1noc(N2CCN(S(=O)(=O)c3ccc(OC)cc3)CC2)n1. The van der Waals surface area contributed by atoms with Crippen molar-refractivity contribution in [1.82, 2.24) is 14.4 Å². The molecule has 1 aromatic carbocycles. The summed E-state index contributed by atoms with van der Waals surface area (Å²) in [6.45, 7) is 3.73. The lowest BCUT2D eigenvalue weighted by Gasteiger charge is -2.32. The van der Waals surface area contributed by atoms with Crippen LogP contribution in [-0.2, 0) is 16.4 Å². The standard InChI is InChI=1S/C15H20N4O4S/c1-3-14-16-15(23-17-14)18-8-10-19(11-9-18)24(20,21)13-6-4-12(22-2)5-7-13/h4-7H,3,8-11H2,1-2H3. The molecule has 130 valence electrons. The van der Waals surface area contributed by atoms with Crippen LogP contribution in [0.2, 0.25) is 0 Å².